The highest BCUT2D eigenvalue weighted by Gasteiger charge is 2.03. The van der Waals surface area contributed by atoms with Crippen LogP contribution in [0, 0.1) is 0 Å². The summed E-state index contributed by atoms with van der Waals surface area (Å²) in [5.74, 6) is 0.818. The molecule has 2 nitrogen and oxygen atoms in total. The van der Waals surface area contributed by atoms with Crippen LogP contribution in [0.25, 0.3) is 11.1 Å². The molecule has 0 saturated heterocycles. The average molecular weight is 330 g/mol. The first-order valence-corrected chi connectivity index (χ1v) is 7.56. The lowest BCUT2D eigenvalue weighted by Crippen LogP contribution is -1.94. The molecule has 3 aromatic rings. The SMILES string of the molecule is Clc1cc(-c2ccc(OCc3ccccc3)cc2)cc(Cl)n1. The fraction of sp³-hybridized carbons (Fsp3) is 0.0556. The van der Waals surface area contributed by atoms with E-state index in [0.29, 0.717) is 16.9 Å². The molecule has 1 heterocycles. The second kappa shape index (κ2) is 6.82. The average Bonchev–Trinajstić information content (AvgIpc) is 2.53. The summed E-state index contributed by atoms with van der Waals surface area (Å²) in [6.07, 6.45) is 0. The summed E-state index contributed by atoms with van der Waals surface area (Å²) in [6, 6.07) is 21.4. The summed E-state index contributed by atoms with van der Waals surface area (Å²) in [5, 5.41) is 0.763. The standard InChI is InChI=1S/C18H13Cl2NO/c19-17-10-15(11-18(20)21-17)14-6-8-16(9-7-14)22-12-13-4-2-1-3-5-13/h1-11H,12H2. The second-order valence-electron chi connectivity index (χ2n) is 4.80. The molecule has 2 aromatic carbocycles. The van der Waals surface area contributed by atoms with Gasteiger partial charge < -0.3 is 4.74 Å². The summed E-state index contributed by atoms with van der Waals surface area (Å²) in [5.41, 5.74) is 3.08. The van der Waals surface area contributed by atoms with Gasteiger partial charge in [-0.2, -0.15) is 0 Å². The van der Waals surface area contributed by atoms with Crippen molar-refractivity contribution in [3.05, 3.63) is 82.6 Å². The van der Waals surface area contributed by atoms with E-state index in [1.54, 1.807) is 12.1 Å². The van der Waals surface area contributed by atoms with Crippen LogP contribution in [0.5, 0.6) is 5.75 Å². The van der Waals surface area contributed by atoms with Crippen LogP contribution in [0.1, 0.15) is 5.56 Å². The highest BCUT2D eigenvalue weighted by molar-refractivity contribution is 6.32. The first-order valence-electron chi connectivity index (χ1n) is 6.81. The smallest absolute Gasteiger partial charge is 0.131 e. The predicted octanol–water partition coefficient (Wildman–Crippen LogP) is 5.63. The Morgan fingerprint density at radius 3 is 2.05 bits per heavy atom. The van der Waals surface area contributed by atoms with Gasteiger partial charge in [0, 0.05) is 0 Å². The molecule has 0 aliphatic rings. The minimum absolute atomic E-state index is 0.381. The van der Waals surface area contributed by atoms with Crippen LogP contribution in [0.4, 0.5) is 0 Å². The Morgan fingerprint density at radius 2 is 1.41 bits per heavy atom. The summed E-state index contributed by atoms with van der Waals surface area (Å²) in [6.45, 7) is 0.549. The molecule has 3 rings (SSSR count). The number of ether oxygens (including phenoxy) is 1. The van der Waals surface area contributed by atoms with Gasteiger partial charge in [-0.25, -0.2) is 4.98 Å². The molecule has 0 radical (unpaired) electrons. The van der Waals surface area contributed by atoms with Crippen LogP contribution < -0.4 is 4.74 Å². The molecule has 0 N–H and O–H groups in total. The molecule has 22 heavy (non-hydrogen) atoms. The third-order valence-electron chi connectivity index (χ3n) is 3.20. The maximum absolute atomic E-state index is 5.93. The lowest BCUT2D eigenvalue weighted by Gasteiger charge is -2.08. The summed E-state index contributed by atoms with van der Waals surface area (Å²) < 4.78 is 5.77. The van der Waals surface area contributed by atoms with E-state index in [1.807, 2.05) is 54.6 Å². The fourth-order valence-corrected chi connectivity index (χ4v) is 2.58. The monoisotopic (exact) mass is 329 g/mol. The Morgan fingerprint density at radius 1 is 0.773 bits per heavy atom. The van der Waals surface area contributed by atoms with Crippen molar-refractivity contribution >= 4 is 23.2 Å². The van der Waals surface area contributed by atoms with Gasteiger partial charge in [0.2, 0.25) is 0 Å². The van der Waals surface area contributed by atoms with Gasteiger partial charge in [-0.3, -0.25) is 0 Å². The normalized spacial score (nSPS) is 10.5. The minimum atomic E-state index is 0.381. The zero-order valence-corrected chi connectivity index (χ0v) is 13.2. The van der Waals surface area contributed by atoms with Crippen molar-refractivity contribution in [3.8, 4) is 16.9 Å². The van der Waals surface area contributed by atoms with Crippen molar-refractivity contribution in [2.75, 3.05) is 0 Å². The molecule has 0 atom stereocenters. The molecule has 1 aromatic heterocycles. The van der Waals surface area contributed by atoms with Crippen LogP contribution >= 0.6 is 23.2 Å². The number of halogens is 2. The van der Waals surface area contributed by atoms with Crippen LogP contribution in [0.3, 0.4) is 0 Å². The Kier molecular flexibility index (Phi) is 4.62. The zero-order chi connectivity index (χ0) is 15.4. The number of aromatic nitrogens is 1. The number of hydrogen-bond donors (Lipinski definition) is 0. The molecule has 0 fully saturated rings. The highest BCUT2D eigenvalue weighted by atomic mass is 35.5. The van der Waals surface area contributed by atoms with Crippen molar-refractivity contribution in [3.63, 3.8) is 0 Å². The van der Waals surface area contributed by atoms with Gasteiger partial charge in [0.15, 0.2) is 0 Å². The van der Waals surface area contributed by atoms with E-state index in [4.69, 9.17) is 27.9 Å². The van der Waals surface area contributed by atoms with Crippen LogP contribution in [-0.4, -0.2) is 4.98 Å². The Bertz CT molecular complexity index is 738. The third-order valence-corrected chi connectivity index (χ3v) is 3.59. The van der Waals surface area contributed by atoms with Gasteiger partial charge >= 0.3 is 0 Å². The molecule has 0 bridgehead atoms. The largest absolute Gasteiger partial charge is 0.489 e. The van der Waals surface area contributed by atoms with Gasteiger partial charge in [-0.15, -0.1) is 0 Å². The van der Waals surface area contributed by atoms with Gasteiger partial charge in [0.1, 0.15) is 22.7 Å². The predicted molar refractivity (Wildman–Crippen MR) is 90.5 cm³/mol. The van der Waals surface area contributed by atoms with Crippen molar-refractivity contribution in [1.82, 2.24) is 4.98 Å². The first-order chi connectivity index (χ1) is 10.7. The molecule has 0 saturated carbocycles. The van der Waals surface area contributed by atoms with Crippen molar-refractivity contribution in [1.29, 1.82) is 0 Å². The van der Waals surface area contributed by atoms with E-state index in [-0.39, 0.29) is 0 Å². The van der Waals surface area contributed by atoms with E-state index in [1.165, 1.54) is 0 Å². The van der Waals surface area contributed by atoms with E-state index < -0.39 is 0 Å². The van der Waals surface area contributed by atoms with Crippen LogP contribution in [0.2, 0.25) is 10.3 Å². The summed E-state index contributed by atoms with van der Waals surface area (Å²) >= 11 is 11.9. The number of hydrogen-bond acceptors (Lipinski definition) is 2. The maximum Gasteiger partial charge on any atom is 0.131 e. The molecule has 0 amide bonds. The summed E-state index contributed by atoms with van der Waals surface area (Å²) in [7, 11) is 0. The van der Waals surface area contributed by atoms with E-state index in [0.717, 1.165) is 22.4 Å². The molecule has 110 valence electrons. The molecule has 0 aliphatic carbocycles. The maximum atomic E-state index is 5.93. The Balaban J connectivity index is 1.72. The summed E-state index contributed by atoms with van der Waals surface area (Å²) in [4.78, 5) is 3.95. The third kappa shape index (κ3) is 3.79. The number of benzene rings is 2. The van der Waals surface area contributed by atoms with E-state index >= 15 is 0 Å². The lowest BCUT2D eigenvalue weighted by atomic mass is 10.1. The molecule has 0 aliphatic heterocycles. The minimum Gasteiger partial charge on any atom is -0.489 e. The van der Waals surface area contributed by atoms with Gasteiger partial charge in [-0.1, -0.05) is 65.7 Å². The molecular formula is C18H13Cl2NO. The second-order valence-corrected chi connectivity index (χ2v) is 5.57. The van der Waals surface area contributed by atoms with Gasteiger partial charge in [0.05, 0.1) is 0 Å². The van der Waals surface area contributed by atoms with Crippen LogP contribution in [0.15, 0.2) is 66.7 Å². The molecule has 0 spiro atoms. The zero-order valence-electron chi connectivity index (χ0n) is 11.7. The number of nitrogens with zero attached hydrogens (tertiary/aromatic N) is 1. The fourth-order valence-electron chi connectivity index (χ4n) is 2.12. The Hall–Kier alpha value is -2.03. The molecule has 0 unspecified atom stereocenters. The molecular weight excluding hydrogens is 317 g/mol. The lowest BCUT2D eigenvalue weighted by molar-refractivity contribution is 0.306. The van der Waals surface area contributed by atoms with Crippen molar-refractivity contribution in [2.24, 2.45) is 0 Å². The molecule has 4 heteroatoms. The number of rotatable bonds is 4. The van der Waals surface area contributed by atoms with E-state index in [2.05, 4.69) is 4.98 Å². The highest BCUT2D eigenvalue weighted by Crippen LogP contribution is 2.26. The quantitative estimate of drug-likeness (QED) is 0.578. The van der Waals surface area contributed by atoms with Crippen molar-refractivity contribution < 1.29 is 4.74 Å². The van der Waals surface area contributed by atoms with Gasteiger partial charge in [0.25, 0.3) is 0 Å². The van der Waals surface area contributed by atoms with Crippen LogP contribution in [-0.2, 0) is 6.61 Å². The van der Waals surface area contributed by atoms with E-state index in [9.17, 15) is 0 Å². The van der Waals surface area contributed by atoms with Crippen molar-refractivity contribution in [2.45, 2.75) is 6.61 Å². The van der Waals surface area contributed by atoms with Gasteiger partial charge in [-0.05, 0) is 41.0 Å². The topological polar surface area (TPSA) is 22.1 Å². The number of pyridine rings is 1. The first kappa shape index (κ1) is 14.9. The Labute approximate surface area is 139 Å².